The molecule has 0 bridgehead atoms. The fourth-order valence-electron chi connectivity index (χ4n) is 4.42. The molecule has 4 aromatic rings. The van der Waals surface area contributed by atoms with Crippen LogP contribution >= 0.6 is 0 Å². The van der Waals surface area contributed by atoms with E-state index in [1.165, 1.54) is 0 Å². The van der Waals surface area contributed by atoms with Gasteiger partial charge in [0.25, 0.3) is 0 Å². The first-order valence-corrected chi connectivity index (χ1v) is 11.3. The van der Waals surface area contributed by atoms with Crippen molar-refractivity contribution in [2.45, 2.75) is 39.8 Å². The van der Waals surface area contributed by atoms with Gasteiger partial charge in [-0.1, -0.05) is 12.1 Å². The number of benzene rings is 1. The Kier molecular flexibility index (Phi) is 5.31. The lowest BCUT2D eigenvalue weighted by atomic mass is 10.0. The molecule has 9 nitrogen and oxygen atoms in total. The number of pyridine rings is 2. The number of hydrogen-bond acceptors (Lipinski definition) is 7. The highest BCUT2D eigenvalue weighted by Gasteiger charge is 2.23. The smallest absolute Gasteiger partial charge is 0.244 e. The zero-order valence-corrected chi connectivity index (χ0v) is 19.5. The molecule has 0 aliphatic carbocycles. The summed E-state index contributed by atoms with van der Waals surface area (Å²) in [5.41, 5.74) is 16.7. The highest BCUT2D eigenvalue weighted by Crippen LogP contribution is 2.31. The van der Waals surface area contributed by atoms with E-state index in [1.54, 1.807) is 10.9 Å². The van der Waals surface area contributed by atoms with Gasteiger partial charge in [-0.25, -0.2) is 9.97 Å². The minimum Gasteiger partial charge on any atom is -0.398 e. The van der Waals surface area contributed by atoms with Crippen molar-refractivity contribution in [1.82, 2.24) is 24.6 Å². The largest absolute Gasteiger partial charge is 0.398 e. The molecule has 3 aromatic heterocycles. The zero-order valence-electron chi connectivity index (χ0n) is 19.5. The first-order chi connectivity index (χ1) is 16.3. The Balaban J connectivity index is 1.45. The summed E-state index contributed by atoms with van der Waals surface area (Å²) in [6.07, 6.45) is 2.47. The molecule has 0 unspecified atom stereocenters. The van der Waals surface area contributed by atoms with Crippen LogP contribution in [0.4, 0.5) is 23.1 Å². The zero-order chi connectivity index (χ0) is 24.0. The van der Waals surface area contributed by atoms with Gasteiger partial charge >= 0.3 is 0 Å². The summed E-state index contributed by atoms with van der Waals surface area (Å²) in [7, 11) is 0. The molecule has 0 saturated carbocycles. The number of hydrogen-bond donors (Lipinski definition) is 3. The molecule has 5 N–H and O–H groups in total. The molecule has 9 heteroatoms. The molecule has 174 valence electrons. The van der Waals surface area contributed by atoms with Gasteiger partial charge in [0.15, 0.2) is 5.82 Å². The molecular formula is C25H28N8O. The number of nitrogens with zero attached hydrogens (tertiary/aromatic N) is 5. The molecule has 1 aromatic carbocycles. The van der Waals surface area contributed by atoms with E-state index in [4.69, 9.17) is 11.5 Å². The monoisotopic (exact) mass is 456 g/mol. The van der Waals surface area contributed by atoms with E-state index in [0.29, 0.717) is 29.7 Å². The maximum atomic E-state index is 12.6. The molecule has 0 saturated heterocycles. The third-order valence-corrected chi connectivity index (χ3v) is 6.35. The number of nitrogens with one attached hydrogen (secondary N) is 1. The van der Waals surface area contributed by atoms with Crippen molar-refractivity contribution in [3.05, 3.63) is 53.9 Å². The van der Waals surface area contributed by atoms with Crippen LogP contribution in [0.2, 0.25) is 0 Å². The summed E-state index contributed by atoms with van der Waals surface area (Å²) in [6, 6.07) is 11.8. The van der Waals surface area contributed by atoms with Crippen LogP contribution in [-0.2, 0) is 17.8 Å². The third kappa shape index (κ3) is 3.89. The van der Waals surface area contributed by atoms with Gasteiger partial charge in [0.2, 0.25) is 5.91 Å². The van der Waals surface area contributed by atoms with E-state index in [1.807, 2.05) is 62.1 Å². The van der Waals surface area contributed by atoms with Crippen LogP contribution < -0.4 is 16.8 Å². The van der Waals surface area contributed by atoms with Crippen LogP contribution in [0.3, 0.4) is 0 Å². The standard InChI is InChI=1S/C25H28N8O/c1-14(2)32-8-7-17-11-23(31-33(17)13-24(32)34)30-22-10-16-9-21(29-25(27)19(16)12-28-22)18-5-4-6-20(26)15(18)3/h4-6,9-12,14H,7-8,13,26H2,1-3H3,(H2,27,29)(H,28,30,31). The number of carbonyl (C=O) groups is 1. The number of aromatic nitrogens is 4. The Morgan fingerprint density at radius 3 is 2.74 bits per heavy atom. The normalized spacial score (nSPS) is 13.9. The van der Waals surface area contributed by atoms with Crippen molar-refractivity contribution >= 4 is 39.8 Å². The van der Waals surface area contributed by atoms with Gasteiger partial charge in [0, 0.05) is 53.6 Å². The fraction of sp³-hybridized carbons (Fsp3) is 0.280. The Morgan fingerprint density at radius 1 is 1.12 bits per heavy atom. The number of nitrogen functional groups attached to an aromatic ring is 2. The van der Waals surface area contributed by atoms with Crippen molar-refractivity contribution in [3.63, 3.8) is 0 Å². The second-order valence-electron chi connectivity index (χ2n) is 8.94. The molecule has 5 rings (SSSR count). The van der Waals surface area contributed by atoms with Gasteiger partial charge in [0.05, 0.1) is 5.69 Å². The summed E-state index contributed by atoms with van der Waals surface area (Å²) < 4.78 is 1.77. The topological polar surface area (TPSA) is 128 Å². The van der Waals surface area contributed by atoms with Gasteiger partial charge in [-0.05, 0) is 49.9 Å². The molecule has 1 aliphatic heterocycles. The molecule has 0 fully saturated rings. The SMILES string of the molecule is Cc1c(N)cccc1-c1cc2cc(Nc3cc4n(n3)CC(=O)N(C(C)C)CC4)ncc2c(N)n1. The van der Waals surface area contributed by atoms with Crippen molar-refractivity contribution in [1.29, 1.82) is 0 Å². The van der Waals surface area contributed by atoms with Crippen LogP contribution in [0, 0.1) is 6.92 Å². The molecule has 0 radical (unpaired) electrons. The second kappa shape index (κ2) is 8.33. The molecule has 1 aliphatic rings. The molecular weight excluding hydrogens is 428 g/mol. The van der Waals surface area contributed by atoms with Crippen molar-refractivity contribution < 1.29 is 4.79 Å². The number of fused-ring (bicyclic) bond motifs is 2. The minimum atomic E-state index is 0.0829. The minimum absolute atomic E-state index is 0.0829. The Bertz CT molecular complexity index is 1410. The van der Waals surface area contributed by atoms with Crippen molar-refractivity contribution in [3.8, 4) is 11.3 Å². The molecule has 0 atom stereocenters. The lowest BCUT2D eigenvalue weighted by Gasteiger charge is -2.24. The van der Waals surface area contributed by atoms with E-state index in [0.717, 1.165) is 39.7 Å². The van der Waals surface area contributed by atoms with Gasteiger partial charge in [-0.3, -0.25) is 9.48 Å². The number of amides is 1. The van der Waals surface area contributed by atoms with Gasteiger partial charge in [-0.2, -0.15) is 5.10 Å². The van der Waals surface area contributed by atoms with Gasteiger partial charge < -0.3 is 21.7 Å². The Hall–Kier alpha value is -4.14. The predicted molar refractivity (Wildman–Crippen MR) is 135 cm³/mol. The average molecular weight is 457 g/mol. The maximum Gasteiger partial charge on any atom is 0.244 e. The van der Waals surface area contributed by atoms with Crippen LogP contribution in [0.15, 0.2) is 42.6 Å². The summed E-state index contributed by atoms with van der Waals surface area (Å²) in [4.78, 5) is 23.5. The van der Waals surface area contributed by atoms with Crippen LogP contribution in [0.5, 0.6) is 0 Å². The number of rotatable bonds is 4. The van der Waals surface area contributed by atoms with E-state index >= 15 is 0 Å². The number of anilines is 4. The third-order valence-electron chi connectivity index (χ3n) is 6.35. The molecule has 0 spiro atoms. The van der Waals surface area contributed by atoms with E-state index in [9.17, 15) is 4.79 Å². The lowest BCUT2D eigenvalue weighted by molar-refractivity contribution is -0.133. The Morgan fingerprint density at radius 2 is 1.94 bits per heavy atom. The first kappa shape index (κ1) is 21.7. The van der Waals surface area contributed by atoms with Crippen LogP contribution in [0.25, 0.3) is 22.0 Å². The van der Waals surface area contributed by atoms with E-state index < -0.39 is 0 Å². The summed E-state index contributed by atoms with van der Waals surface area (Å²) >= 11 is 0. The van der Waals surface area contributed by atoms with Gasteiger partial charge in [-0.15, -0.1) is 0 Å². The second-order valence-corrected chi connectivity index (χ2v) is 8.94. The van der Waals surface area contributed by atoms with E-state index in [-0.39, 0.29) is 18.5 Å². The first-order valence-electron chi connectivity index (χ1n) is 11.3. The summed E-state index contributed by atoms with van der Waals surface area (Å²) in [5, 5.41) is 9.56. The highest BCUT2D eigenvalue weighted by atomic mass is 16.2. The average Bonchev–Trinajstić information content (AvgIpc) is 3.08. The highest BCUT2D eigenvalue weighted by molar-refractivity contribution is 5.95. The van der Waals surface area contributed by atoms with Crippen LogP contribution in [-0.4, -0.2) is 43.1 Å². The summed E-state index contributed by atoms with van der Waals surface area (Å²) in [6.45, 7) is 6.97. The Labute approximate surface area is 197 Å². The summed E-state index contributed by atoms with van der Waals surface area (Å²) in [5.74, 6) is 1.79. The quantitative estimate of drug-likeness (QED) is 0.401. The van der Waals surface area contributed by atoms with Crippen molar-refractivity contribution in [2.75, 3.05) is 23.3 Å². The maximum absolute atomic E-state index is 12.6. The number of carbonyl (C=O) groups excluding carboxylic acids is 1. The molecule has 4 heterocycles. The van der Waals surface area contributed by atoms with Crippen LogP contribution in [0.1, 0.15) is 25.1 Å². The van der Waals surface area contributed by atoms with Gasteiger partial charge in [0.1, 0.15) is 18.2 Å². The van der Waals surface area contributed by atoms with Crippen molar-refractivity contribution in [2.24, 2.45) is 0 Å². The fourth-order valence-corrected chi connectivity index (χ4v) is 4.42. The molecule has 1 amide bonds. The lowest BCUT2D eigenvalue weighted by Crippen LogP contribution is -2.38. The predicted octanol–water partition coefficient (Wildman–Crippen LogP) is 3.50. The van der Waals surface area contributed by atoms with E-state index in [2.05, 4.69) is 20.4 Å². The molecule has 34 heavy (non-hydrogen) atoms. The number of nitrogens with two attached hydrogens (primary N) is 2.